The Morgan fingerprint density at radius 2 is 2.00 bits per heavy atom. The standard InChI is InChI=1S/C10H14INS/c1-7-5-9(11)12-6-8(7)13-10(2,3)4/h5-6H,1-4H3. The van der Waals surface area contributed by atoms with Gasteiger partial charge in [0.2, 0.25) is 0 Å². The molecule has 0 aliphatic heterocycles. The van der Waals surface area contributed by atoms with Crippen molar-refractivity contribution >= 4 is 34.4 Å². The van der Waals surface area contributed by atoms with Gasteiger partial charge in [-0.05, 0) is 41.1 Å². The van der Waals surface area contributed by atoms with Crippen LogP contribution in [0.4, 0.5) is 0 Å². The summed E-state index contributed by atoms with van der Waals surface area (Å²) in [6.45, 7) is 8.79. The summed E-state index contributed by atoms with van der Waals surface area (Å²) < 4.78 is 1.33. The molecule has 0 bridgehead atoms. The van der Waals surface area contributed by atoms with E-state index < -0.39 is 0 Å². The van der Waals surface area contributed by atoms with Crippen LogP contribution in [0.15, 0.2) is 17.2 Å². The van der Waals surface area contributed by atoms with E-state index in [1.807, 2.05) is 18.0 Å². The van der Waals surface area contributed by atoms with Crippen molar-refractivity contribution in [2.24, 2.45) is 0 Å². The third kappa shape index (κ3) is 3.85. The summed E-state index contributed by atoms with van der Waals surface area (Å²) >= 11 is 4.11. The van der Waals surface area contributed by atoms with Gasteiger partial charge in [0, 0.05) is 15.8 Å². The normalized spacial score (nSPS) is 11.8. The second kappa shape index (κ2) is 4.17. The molecule has 0 amide bonds. The maximum Gasteiger partial charge on any atom is 0.101 e. The molecule has 1 rings (SSSR count). The van der Waals surface area contributed by atoms with E-state index in [9.17, 15) is 0 Å². The molecular formula is C10H14INS. The fraction of sp³-hybridized carbons (Fsp3) is 0.500. The molecule has 0 unspecified atom stereocenters. The van der Waals surface area contributed by atoms with Gasteiger partial charge < -0.3 is 0 Å². The minimum atomic E-state index is 0.263. The first-order chi connectivity index (χ1) is 5.88. The Hall–Kier alpha value is 0.230. The van der Waals surface area contributed by atoms with Crippen molar-refractivity contribution in [3.63, 3.8) is 0 Å². The van der Waals surface area contributed by atoms with E-state index in [2.05, 4.69) is 61.3 Å². The van der Waals surface area contributed by atoms with Gasteiger partial charge in [0.1, 0.15) is 3.70 Å². The van der Waals surface area contributed by atoms with Gasteiger partial charge in [-0.25, -0.2) is 4.98 Å². The molecule has 0 aliphatic carbocycles. The Morgan fingerprint density at radius 3 is 2.46 bits per heavy atom. The van der Waals surface area contributed by atoms with Crippen molar-refractivity contribution in [2.75, 3.05) is 0 Å². The minimum absolute atomic E-state index is 0.263. The highest BCUT2D eigenvalue weighted by atomic mass is 127. The molecule has 0 aliphatic rings. The number of aromatic nitrogens is 1. The summed E-state index contributed by atoms with van der Waals surface area (Å²) in [5, 5.41) is 0. The lowest BCUT2D eigenvalue weighted by Crippen LogP contribution is -2.07. The molecule has 0 aromatic carbocycles. The molecule has 0 radical (unpaired) electrons. The number of hydrogen-bond acceptors (Lipinski definition) is 2. The molecule has 0 fully saturated rings. The van der Waals surface area contributed by atoms with Crippen LogP contribution in [0.5, 0.6) is 0 Å². The number of hydrogen-bond donors (Lipinski definition) is 0. The van der Waals surface area contributed by atoms with Crippen molar-refractivity contribution in [1.29, 1.82) is 0 Å². The van der Waals surface area contributed by atoms with Gasteiger partial charge in [-0.3, -0.25) is 0 Å². The minimum Gasteiger partial charge on any atom is -0.249 e. The Labute approximate surface area is 97.9 Å². The van der Waals surface area contributed by atoms with Crippen LogP contribution in [-0.2, 0) is 0 Å². The number of thioether (sulfide) groups is 1. The van der Waals surface area contributed by atoms with Gasteiger partial charge in [-0.15, -0.1) is 11.8 Å². The molecule has 1 nitrogen and oxygen atoms in total. The van der Waals surface area contributed by atoms with E-state index in [1.165, 1.54) is 10.5 Å². The summed E-state index contributed by atoms with van der Waals surface area (Å²) in [4.78, 5) is 5.58. The number of rotatable bonds is 1. The maximum absolute atomic E-state index is 4.29. The second-order valence-electron chi connectivity index (χ2n) is 3.99. The highest BCUT2D eigenvalue weighted by Gasteiger charge is 2.13. The maximum atomic E-state index is 4.29. The molecule has 0 N–H and O–H groups in total. The summed E-state index contributed by atoms with van der Waals surface area (Å²) in [5.74, 6) is 0. The molecule has 0 saturated carbocycles. The molecule has 0 spiro atoms. The second-order valence-corrected chi connectivity index (χ2v) is 6.96. The monoisotopic (exact) mass is 307 g/mol. The molecule has 0 saturated heterocycles. The first-order valence-electron chi connectivity index (χ1n) is 4.20. The molecule has 1 aromatic heterocycles. The van der Waals surface area contributed by atoms with Gasteiger partial charge in [0.25, 0.3) is 0 Å². The third-order valence-corrected chi connectivity index (χ3v) is 3.30. The quantitative estimate of drug-likeness (QED) is 0.443. The van der Waals surface area contributed by atoms with Gasteiger partial charge in [0.05, 0.1) is 0 Å². The van der Waals surface area contributed by atoms with Crippen molar-refractivity contribution < 1.29 is 0 Å². The molecule has 1 heterocycles. The lowest BCUT2D eigenvalue weighted by Gasteiger charge is -2.18. The number of pyridine rings is 1. The van der Waals surface area contributed by atoms with E-state index in [0.717, 1.165) is 3.70 Å². The van der Waals surface area contributed by atoms with Crippen LogP contribution in [0.3, 0.4) is 0 Å². The van der Waals surface area contributed by atoms with Crippen LogP contribution in [0.2, 0.25) is 0 Å². The largest absolute Gasteiger partial charge is 0.249 e. The summed E-state index contributed by atoms with van der Waals surface area (Å²) in [5.41, 5.74) is 1.32. The Kier molecular flexibility index (Phi) is 3.63. The topological polar surface area (TPSA) is 12.9 Å². The average Bonchev–Trinajstić information content (AvgIpc) is 1.93. The molecule has 3 heteroatoms. The lowest BCUT2D eigenvalue weighted by atomic mass is 10.3. The van der Waals surface area contributed by atoms with E-state index in [-0.39, 0.29) is 4.75 Å². The van der Waals surface area contributed by atoms with Gasteiger partial charge in [-0.1, -0.05) is 20.8 Å². The zero-order valence-electron chi connectivity index (χ0n) is 8.39. The van der Waals surface area contributed by atoms with Crippen molar-refractivity contribution in [2.45, 2.75) is 37.3 Å². The van der Waals surface area contributed by atoms with Gasteiger partial charge in [0.15, 0.2) is 0 Å². The zero-order chi connectivity index (χ0) is 10.1. The van der Waals surface area contributed by atoms with Crippen LogP contribution in [0, 0.1) is 10.6 Å². The lowest BCUT2D eigenvalue weighted by molar-refractivity contribution is 0.801. The van der Waals surface area contributed by atoms with E-state index in [0.29, 0.717) is 0 Å². The van der Waals surface area contributed by atoms with Gasteiger partial charge >= 0.3 is 0 Å². The molecule has 13 heavy (non-hydrogen) atoms. The van der Waals surface area contributed by atoms with Crippen LogP contribution in [0.1, 0.15) is 26.3 Å². The molecule has 0 atom stereocenters. The molecule has 72 valence electrons. The van der Waals surface area contributed by atoms with Gasteiger partial charge in [-0.2, -0.15) is 0 Å². The number of aryl methyl sites for hydroxylation is 1. The summed E-state index contributed by atoms with van der Waals surface area (Å²) in [6, 6.07) is 2.12. The Balaban J connectivity index is 2.90. The highest BCUT2D eigenvalue weighted by Crippen LogP contribution is 2.33. The predicted molar refractivity (Wildman–Crippen MR) is 67.3 cm³/mol. The van der Waals surface area contributed by atoms with Crippen molar-refractivity contribution in [1.82, 2.24) is 4.98 Å². The van der Waals surface area contributed by atoms with E-state index in [4.69, 9.17) is 0 Å². The SMILES string of the molecule is Cc1cc(I)ncc1SC(C)(C)C. The predicted octanol–water partition coefficient (Wildman–Crippen LogP) is 3.89. The van der Waals surface area contributed by atoms with E-state index >= 15 is 0 Å². The number of halogens is 1. The average molecular weight is 307 g/mol. The third-order valence-electron chi connectivity index (χ3n) is 1.45. The summed E-state index contributed by atoms with van der Waals surface area (Å²) in [6.07, 6.45) is 1.97. The smallest absolute Gasteiger partial charge is 0.101 e. The highest BCUT2D eigenvalue weighted by molar-refractivity contribution is 14.1. The first-order valence-corrected chi connectivity index (χ1v) is 6.09. The van der Waals surface area contributed by atoms with Crippen molar-refractivity contribution in [3.8, 4) is 0 Å². The summed E-state index contributed by atoms with van der Waals surface area (Å²) in [7, 11) is 0. The van der Waals surface area contributed by atoms with Crippen LogP contribution in [-0.4, -0.2) is 9.73 Å². The Morgan fingerprint density at radius 1 is 1.38 bits per heavy atom. The van der Waals surface area contributed by atoms with E-state index in [1.54, 1.807) is 0 Å². The first kappa shape index (κ1) is 11.3. The fourth-order valence-corrected chi connectivity index (χ4v) is 2.54. The molecular weight excluding hydrogens is 293 g/mol. The Bertz CT molecular complexity index is 304. The van der Waals surface area contributed by atoms with Crippen molar-refractivity contribution in [3.05, 3.63) is 21.5 Å². The zero-order valence-corrected chi connectivity index (χ0v) is 11.4. The van der Waals surface area contributed by atoms with Crippen LogP contribution >= 0.6 is 34.4 Å². The van der Waals surface area contributed by atoms with Crippen LogP contribution < -0.4 is 0 Å². The van der Waals surface area contributed by atoms with Crippen LogP contribution in [0.25, 0.3) is 0 Å². The fourth-order valence-electron chi connectivity index (χ4n) is 0.946. The molecule has 1 aromatic rings. The number of nitrogens with zero attached hydrogens (tertiary/aromatic N) is 1.